The maximum atomic E-state index is 12.9. The van der Waals surface area contributed by atoms with Crippen LogP contribution in [0, 0.1) is 13.8 Å². The second kappa shape index (κ2) is 9.90. The minimum absolute atomic E-state index is 0.00876. The van der Waals surface area contributed by atoms with Crippen molar-refractivity contribution < 1.29 is 22.5 Å². The lowest BCUT2D eigenvalue weighted by molar-refractivity contribution is 0.103. The predicted octanol–water partition coefficient (Wildman–Crippen LogP) is 4.78. The molecule has 0 bridgehead atoms. The van der Waals surface area contributed by atoms with Gasteiger partial charge >= 0.3 is 0 Å². The third-order valence-electron chi connectivity index (χ3n) is 5.00. The summed E-state index contributed by atoms with van der Waals surface area (Å²) in [6, 6.07) is 21.0. The van der Waals surface area contributed by atoms with E-state index in [0.29, 0.717) is 23.3 Å². The fourth-order valence-electron chi connectivity index (χ4n) is 3.35. The number of aryl methyl sites for hydroxylation is 2. The molecule has 6 heteroatoms. The zero-order valence-corrected chi connectivity index (χ0v) is 18.5. The largest absolute Gasteiger partial charge is 0.493 e. The molecule has 0 heterocycles. The average molecular weight is 439 g/mol. The minimum atomic E-state index is -4.00. The van der Waals surface area contributed by atoms with Crippen LogP contribution in [0.15, 0.2) is 66.7 Å². The van der Waals surface area contributed by atoms with E-state index in [-0.39, 0.29) is 24.6 Å². The lowest BCUT2D eigenvalue weighted by Crippen LogP contribution is -2.09. The van der Waals surface area contributed by atoms with Gasteiger partial charge in [-0.15, -0.1) is 0 Å². The van der Waals surface area contributed by atoms with Crippen molar-refractivity contribution in [3.63, 3.8) is 0 Å². The fourth-order valence-corrected chi connectivity index (χ4v) is 3.84. The van der Waals surface area contributed by atoms with E-state index < -0.39 is 10.1 Å². The maximum absolute atomic E-state index is 12.9. The Kier molecular flexibility index (Phi) is 7.25. The number of rotatable bonds is 9. The summed E-state index contributed by atoms with van der Waals surface area (Å²) in [5.74, 6) is 0.328. The molecule has 0 unspecified atom stereocenters. The molecule has 0 fully saturated rings. The minimum Gasteiger partial charge on any atom is -0.493 e. The van der Waals surface area contributed by atoms with Gasteiger partial charge in [-0.1, -0.05) is 54.6 Å². The smallest absolute Gasteiger partial charge is 0.264 e. The van der Waals surface area contributed by atoms with Gasteiger partial charge in [-0.25, -0.2) is 0 Å². The van der Waals surface area contributed by atoms with Crippen molar-refractivity contribution in [1.29, 1.82) is 0 Å². The molecule has 0 aromatic heterocycles. The molecule has 3 rings (SSSR count). The SMILES string of the molecule is Cc1ccc(Cc2ccc(C)c(C(=O)c3ccccc3)c2)c(OCCCS(=O)(=O)O)c1. The molecule has 31 heavy (non-hydrogen) atoms. The van der Waals surface area contributed by atoms with Gasteiger partial charge in [0.1, 0.15) is 5.75 Å². The summed E-state index contributed by atoms with van der Waals surface area (Å²) < 4.78 is 36.5. The standard InChI is InChI=1S/C25H26O5S/c1-18-9-12-22(24(15-18)30-13-6-14-31(27,28)29)16-20-11-10-19(2)23(17-20)25(26)21-7-4-3-5-8-21/h3-5,7-12,15,17H,6,13-14,16H2,1-2H3,(H,27,28,29). The van der Waals surface area contributed by atoms with Gasteiger partial charge in [0.25, 0.3) is 10.1 Å². The van der Waals surface area contributed by atoms with Crippen LogP contribution in [0.25, 0.3) is 0 Å². The van der Waals surface area contributed by atoms with Crippen molar-refractivity contribution in [2.24, 2.45) is 0 Å². The molecule has 0 aliphatic carbocycles. The van der Waals surface area contributed by atoms with Crippen LogP contribution >= 0.6 is 0 Å². The van der Waals surface area contributed by atoms with Crippen LogP contribution in [-0.4, -0.2) is 31.1 Å². The molecule has 0 spiro atoms. The Labute approximate surface area is 183 Å². The zero-order chi connectivity index (χ0) is 22.4. The molecule has 1 N–H and O–H groups in total. The molecule has 162 valence electrons. The molecular formula is C25H26O5S. The Hall–Kier alpha value is -2.96. The summed E-state index contributed by atoms with van der Waals surface area (Å²) in [7, 11) is -4.00. The first kappa shape index (κ1) is 22.7. The molecule has 0 saturated heterocycles. The third-order valence-corrected chi connectivity index (χ3v) is 5.81. The van der Waals surface area contributed by atoms with Gasteiger partial charge in [-0.05, 0) is 54.7 Å². The highest BCUT2D eigenvalue weighted by Gasteiger charge is 2.14. The summed E-state index contributed by atoms with van der Waals surface area (Å²) in [5.41, 5.74) is 5.20. The molecule has 0 aliphatic rings. The van der Waals surface area contributed by atoms with Crippen molar-refractivity contribution >= 4 is 15.9 Å². The van der Waals surface area contributed by atoms with Gasteiger partial charge in [0.15, 0.2) is 5.78 Å². The van der Waals surface area contributed by atoms with Crippen LogP contribution in [0.5, 0.6) is 5.75 Å². The van der Waals surface area contributed by atoms with Gasteiger partial charge in [0.05, 0.1) is 12.4 Å². The highest BCUT2D eigenvalue weighted by atomic mass is 32.2. The quantitative estimate of drug-likeness (QED) is 0.295. The van der Waals surface area contributed by atoms with Crippen molar-refractivity contribution in [2.45, 2.75) is 26.7 Å². The van der Waals surface area contributed by atoms with E-state index in [9.17, 15) is 13.2 Å². The van der Waals surface area contributed by atoms with E-state index in [1.807, 2.05) is 80.6 Å². The summed E-state index contributed by atoms with van der Waals surface area (Å²) in [4.78, 5) is 12.9. The Morgan fingerprint density at radius 3 is 2.42 bits per heavy atom. The maximum Gasteiger partial charge on any atom is 0.264 e. The average Bonchev–Trinajstić information content (AvgIpc) is 2.73. The first-order chi connectivity index (χ1) is 14.7. The predicted molar refractivity (Wildman–Crippen MR) is 122 cm³/mol. The molecule has 3 aromatic rings. The second-order valence-corrected chi connectivity index (χ2v) is 9.19. The van der Waals surface area contributed by atoms with Gasteiger partial charge in [0.2, 0.25) is 0 Å². The number of hydrogen-bond acceptors (Lipinski definition) is 4. The summed E-state index contributed by atoms with van der Waals surface area (Å²) in [6.45, 7) is 4.06. The van der Waals surface area contributed by atoms with Crippen LogP contribution in [0.1, 0.15) is 44.6 Å². The van der Waals surface area contributed by atoms with Crippen LogP contribution in [0.3, 0.4) is 0 Å². The Morgan fingerprint density at radius 2 is 1.71 bits per heavy atom. The third kappa shape index (κ3) is 6.51. The van der Waals surface area contributed by atoms with E-state index in [1.165, 1.54) is 0 Å². The number of carbonyl (C=O) groups excluding carboxylic acids is 1. The Bertz CT molecular complexity index is 1170. The molecular weight excluding hydrogens is 412 g/mol. The first-order valence-electron chi connectivity index (χ1n) is 10.1. The molecule has 0 aliphatic heterocycles. The second-order valence-electron chi connectivity index (χ2n) is 7.62. The molecule has 3 aromatic carbocycles. The van der Waals surface area contributed by atoms with Gasteiger partial charge in [-0.2, -0.15) is 8.42 Å². The van der Waals surface area contributed by atoms with Crippen molar-refractivity contribution in [1.82, 2.24) is 0 Å². The van der Waals surface area contributed by atoms with Gasteiger partial charge in [-0.3, -0.25) is 9.35 Å². The summed E-state index contributed by atoms with van der Waals surface area (Å²) >= 11 is 0. The van der Waals surface area contributed by atoms with Crippen molar-refractivity contribution in [3.05, 3.63) is 100 Å². The monoisotopic (exact) mass is 438 g/mol. The van der Waals surface area contributed by atoms with E-state index >= 15 is 0 Å². The van der Waals surface area contributed by atoms with Crippen LogP contribution in [0.4, 0.5) is 0 Å². The van der Waals surface area contributed by atoms with Crippen molar-refractivity contribution in [2.75, 3.05) is 12.4 Å². The molecule has 0 saturated carbocycles. The number of hydrogen-bond donors (Lipinski definition) is 1. The lowest BCUT2D eigenvalue weighted by atomic mass is 9.94. The van der Waals surface area contributed by atoms with E-state index in [0.717, 1.165) is 22.3 Å². The molecule has 5 nitrogen and oxygen atoms in total. The normalized spacial score (nSPS) is 11.3. The Balaban J connectivity index is 1.80. The van der Waals surface area contributed by atoms with Crippen LogP contribution < -0.4 is 4.74 Å². The first-order valence-corrected chi connectivity index (χ1v) is 11.7. The topological polar surface area (TPSA) is 80.7 Å². The van der Waals surface area contributed by atoms with Crippen LogP contribution in [-0.2, 0) is 16.5 Å². The number of benzene rings is 3. The van der Waals surface area contributed by atoms with Crippen LogP contribution in [0.2, 0.25) is 0 Å². The lowest BCUT2D eigenvalue weighted by Gasteiger charge is -2.14. The fraction of sp³-hybridized carbons (Fsp3) is 0.240. The highest BCUT2D eigenvalue weighted by Crippen LogP contribution is 2.25. The highest BCUT2D eigenvalue weighted by molar-refractivity contribution is 7.85. The molecule has 0 atom stereocenters. The number of ether oxygens (including phenoxy) is 1. The summed E-state index contributed by atoms with van der Waals surface area (Å²) in [5, 5.41) is 0. The molecule has 0 amide bonds. The number of carbonyl (C=O) groups is 1. The van der Waals surface area contributed by atoms with E-state index in [1.54, 1.807) is 0 Å². The number of ketones is 1. The molecule has 0 radical (unpaired) electrons. The van der Waals surface area contributed by atoms with E-state index in [4.69, 9.17) is 9.29 Å². The van der Waals surface area contributed by atoms with E-state index in [2.05, 4.69) is 0 Å². The zero-order valence-electron chi connectivity index (χ0n) is 17.7. The van der Waals surface area contributed by atoms with Gasteiger partial charge in [0, 0.05) is 17.5 Å². The Morgan fingerprint density at radius 1 is 0.968 bits per heavy atom. The van der Waals surface area contributed by atoms with Gasteiger partial charge < -0.3 is 4.74 Å². The summed E-state index contributed by atoms with van der Waals surface area (Å²) in [6.07, 6.45) is 0.774. The van der Waals surface area contributed by atoms with Crippen molar-refractivity contribution in [3.8, 4) is 5.75 Å².